The quantitative estimate of drug-likeness (QED) is 0.780. The van der Waals surface area contributed by atoms with Gasteiger partial charge in [0.25, 0.3) is 0 Å². The fourth-order valence-electron chi connectivity index (χ4n) is 3.26. The molecule has 0 bridgehead atoms. The van der Waals surface area contributed by atoms with E-state index in [9.17, 15) is 4.79 Å². The number of ether oxygens (including phenoxy) is 2. The molecule has 7 nitrogen and oxygen atoms in total. The molecule has 1 saturated heterocycles. The van der Waals surface area contributed by atoms with Gasteiger partial charge in [-0.2, -0.15) is 5.10 Å². The fourth-order valence-corrected chi connectivity index (χ4v) is 3.26. The lowest BCUT2D eigenvalue weighted by atomic mass is 9.90. The van der Waals surface area contributed by atoms with Gasteiger partial charge in [0, 0.05) is 38.3 Å². The number of aromatic nitrogens is 2. The van der Waals surface area contributed by atoms with Crippen LogP contribution in [0.4, 0.5) is 0 Å². The normalized spacial score (nSPS) is 20.6. The molecule has 1 aliphatic rings. The lowest BCUT2D eigenvalue weighted by Crippen LogP contribution is -2.39. The molecule has 2 aromatic rings. The van der Waals surface area contributed by atoms with E-state index in [-0.39, 0.29) is 23.8 Å². The third kappa shape index (κ3) is 4.35. The van der Waals surface area contributed by atoms with Gasteiger partial charge in [-0.25, -0.2) is 0 Å². The van der Waals surface area contributed by atoms with Crippen molar-refractivity contribution in [2.24, 2.45) is 13.0 Å². The number of amides is 1. The first-order chi connectivity index (χ1) is 12.6. The van der Waals surface area contributed by atoms with Crippen LogP contribution in [0.1, 0.15) is 18.4 Å². The number of hydrogen-bond acceptors (Lipinski definition) is 5. The highest BCUT2D eigenvalue weighted by molar-refractivity contribution is 5.80. The third-order valence-electron chi connectivity index (χ3n) is 4.65. The summed E-state index contributed by atoms with van der Waals surface area (Å²) in [5.41, 5.74) is 1.10. The molecule has 0 spiro atoms. The molecular formula is C19H26N4O3. The van der Waals surface area contributed by atoms with Gasteiger partial charge in [-0.05, 0) is 24.6 Å². The highest BCUT2D eigenvalue weighted by atomic mass is 16.5. The van der Waals surface area contributed by atoms with Crippen LogP contribution >= 0.6 is 0 Å². The number of nitrogens with zero attached hydrogens (tertiary/aromatic N) is 2. The molecule has 3 atom stereocenters. The Bertz CT molecular complexity index is 746. The maximum absolute atomic E-state index is 12.6. The highest BCUT2D eigenvalue weighted by Crippen LogP contribution is 2.28. The SMILES string of the molecule is COc1cccc(OC(C)CNC(=O)[C@H]2CNC[C@@H]2c2cnn(C)c2)c1. The largest absolute Gasteiger partial charge is 0.497 e. The number of nitrogens with one attached hydrogen (secondary N) is 2. The number of rotatable bonds is 7. The van der Waals surface area contributed by atoms with E-state index in [4.69, 9.17) is 9.47 Å². The summed E-state index contributed by atoms with van der Waals surface area (Å²) in [4.78, 5) is 12.6. The summed E-state index contributed by atoms with van der Waals surface area (Å²) in [5, 5.41) is 10.5. The van der Waals surface area contributed by atoms with Gasteiger partial charge in [-0.3, -0.25) is 9.48 Å². The van der Waals surface area contributed by atoms with Gasteiger partial charge in [0.1, 0.15) is 17.6 Å². The molecule has 3 rings (SSSR count). The summed E-state index contributed by atoms with van der Waals surface area (Å²) in [6.07, 6.45) is 3.68. The van der Waals surface area contributed by atoms with E-state index in [1.54, 1.807) is 11.8 Å². The second-order valence-corrected chi connectivity index (χ2v) is 6.67. The number of carbonyl (C=O) groups is 1. The Labute approximate surface area is 153 Å². The van der Waals surface area contributed by atoms with Crippen LogP contribution in [-0.2, 0) is 11.8 Å². The molecule has 1 amide bonds. The predicted molar refractivity (Wildman–Crippen MR) is 98.4 cm³/mol. The molecular weight excluding hydrogens is 332 g/mol. The highest BCUT2D eigenvalue weighted by Gasteiger charge is 2.34. The standard InChI is InChI=1S/C19H26N4O3/c1-13(26-16-6-4-5-15(7-16)25-3)8-21-19(24)18-11-20-10-17(18)14-9-22-23(2)12-14/h4-7,9,12-13,17-18,20H,8,10-11H2,1-3H3,(H,21,24)/t13?,17-,18+/m1/s1. The number of carbonyl (C=O) groups excluding carboxylic acids is 1. The van der Waals surface area contributed by atoms with E-state index in [0.717, 1.165) is 23.6 Å². The topological polar surface area (TPSA) is 77.4 Å². The van der Waals surface area contributed by atoms with Crippen molar-refractivity contribution in [2.45, 2.75) is 18.9 Å². The molecule has 0 radical (unpaired) electrons. The summed E-state index contributed by atoms with van der Waals surface area (Å²) in [6, 6.07) is 7.45. The van der Waals surface area contributed by atoms with Gasteiger partial charge in [0.05, 0.1) is 25.8 Å². The van der Waals surface area contributed by atoms with Gasteiger partial charge in [0.2, 0.25) is 5.91 Å². The van der Waals surface area contributed by atoms with Crippen LogP contribution in [0.5, 0.6) is 11.5 Å². The third-order valence-corrected chi connectivity index (χ3v) is 4.65. The zero-order chi connectivity index (χ0) is 18.5. The lowest BCUT2D eigenvalue weighted by molar-refractivity contribution is -0.125. The monoisotopic (exact) mass is 358 g/mol. The number of aryl methyl sites for hydroxylation is 1. The lowest BCUT2D eigenvalue weighted by Gasteiger charge is -2.20. The minimum absolute atomic E-state index is 0.0462. The van der Waals surface area contributed by atoms with Gasteiger partial charge >= 0.3 is 0 Å². The predicted octanol–water partition coefficient (Wildman–Crippen LogP) is 1.32. The molecule has 2 N–H and O–H groups in total. The average Bonchev–Trinajstić information content (AvgIpc) is 3.28. The van der Waals surface area contributed by atoms with Crippen molar-refractivity contribution in [1.29, 1.82) is 0 Å². The van der Waals surface area contributed by atoms with Gasteiger partial charge in [-0.15, -0.1) is 0 Å². The molecule has 1 aromatic heterocycles. The van der Waals surface area contributed by atoms with E-state index >= 15 is 0 Å². The number of benzene rings is 1. The summed E-state index contributed by atoms with van der Waals surface area (Å²) in [6.45, 7) is 3.85. The van der Waals surface area contributed by atoms with Gasteiger partial charge in [0.15, 0.2) is 0 Å². The minimum Gasteiger partial charge on any atom is -0.497 e. The summed E-state index contributed by atoms with van der Waals surface area (Å²) in [7, 11) is 3.51. The minimum atomic E-state index is -0.141. The van der Waals surface area contributed by atoms with Crippen molar-refractivity contribution in [1.82, 2.24) is 20.4 Å². The first-order valence-corrected chi connectivity index (χ1v) is 8.84. The molecule has 1 aliphatic heterocycles. The zero-order valence-electron chi connectivity index (χ0n) is 15.4. The first-order valence-electron chi connectivity index (χ1n) is 8.84. The molecule has 1 unspecified atom stereocenters. The van der Waals surface area contributed by atoms with Crippen LogP contribution in [0.25, 0.3) is 0 Å². The van der Waals surface area contributed by atoms with Gasteiger partial charge in [-0.1, -0.05) is 6.07 Å². The van der Waals surface area contributed by atoms with Crippen molar-refractivity contribution < 1.29 is 14.3 Å². The Hall–Kier alpha value is -2.54. The molecule has 1 aromatic carbocycles. The summed E-state index contributed by atoms with van der Waals surface area (Å²) in [5.74, 6) is 1.57. The van der Waals surface area contributed by atoms with Crippen LogP contribution in [-0.4, -0.2) is 48.5 Å². The second-order valence-electron chi connectivity index (χ2n) is 6.67. The molecule has 0 saturated carbocycles. The smallest absolute Gasteiger partial charge is 0.225 e. The average molecular weight is 358 g/mol. The number of hydrogen-bond donors (Lipinski definition) is 2. The van der Waals surface area contributed by atoms with Crippen LogP contribution in [0.15, 0.2) is 36.7 Å². The molecule has 1 fully saturated rings. The molecule has 26 heavy (non-hydrogen) atoms. The van der Waals surface area contributed by atoms with E-state index in [1.807, 2.05) is 50.6 Å². The molecule has 7 heteroatoms. The van der Waals surface area contributed by atoms with E-state index in [0.29, 0.717) is 13.1 Å². The molecule has 0 aliphatic carbocycles. The van der Waals surface area contributed by atoms with Crippen molar-refractivity contribution in [3.05, 3.63) is 42.2 Å². The first kappa shape index (κ1) is 18.3. The maximum Gasteiger partial charge on any atom is 0.225 e. The van der Waals surface area contributed by atoms with Crippen LogP contribution in [0.3, 0.4) is 0 Å². The van der Waals surface area contributed by atoms with Crippen molar-refractivity contribution in [3.8, 4) is 11.5 Å². The van der Waals surface area contributed by atoms with Crippen molar-refractivity contribution in [3.63, 3.8) is 0 Å². The van der Waals surface area contributed by atoms with E-state index in [2.05, 4.69) is 15.7 Å². The molecule has 140 valence electrons. The second kappa shape index (κ2) is 8.23. The van der Waals surface area contributed by atoms with Crippen LogP contribution in [0.2, 0.25) is 0 Å². The Morgan fingerprint density at radius 2 is 2.23 bits per heavy atom. The van der Waals surface area contributed by atoms with Crippen LogP contribution in [0, 0.1) is 5.92 Å². The van der Waals surface area contributed by atoms with Crippen molar-refractivity contribution in [2.75, 3.05) is 26.7 Å². The molecule has 2 heterocycles. The Morgan fingerprint density at radius 3 is 2.96 bits per heavy atom. The Kier molecular flexibility index (Phi) is 5.78. The van der Waals surface area contributed by atoms with Gasteiger partial charge < -0.3 is 20.1 Å². The Balaban J connectivity index is 1.52. The zero-order valence-corrected chi connectivity index (χ0v) is 15.4. The van der Waals surface area contributed by atoms with E-state index in [1.165, 1.54) is 0 Å². The maximum atomic E-state index is 12.6. The van der Waals surface area contributed by atoms with E-state index < -0.39 is 0 Å². The Morgan fingerprint density at radius 1 is 1.42 bits per heavy atom. The summed E-state index contributed by atoms with van der Waals surface area (Å²) < 4.78 is 12.8. The van der Waals surface area contributed by atoms with Crippen molar-refractivity contribution >= 4 is 5.91 Å². The van der Waals surface area contributed by atoms with Crippen LogP contribution < -0.4 is 20.1 Å². The summed E-state index contributed by atoms with van der Waals surface area (Å²) >= 11 is 0. The fraction of sp³-hybridized carbons (Fsp3) is 0.474. The number of methoxy groups -OCH3 is 1.